The molecule has 0 saturated heterocycles. The van der Waals surface area contributed by atoms with Gasteiger partial charge in [0.15, 0.2) is 0 Å². The minimum atomic E-state index is -3.47. The van der Waals surface area contributed by atoms with Crippen molar-refractivity contribution < 1.29 is 18.4 Å². The molecule has 100 valence electrons. The van der Waals surface area contributed by atoms with E-state index in [0.29, 0.717) is 17.0 Å². The van der Waals surface area contributed by atoms with Gasteiger partial charge in [-0.3, -0.25) is 4.72 Å². The van der Waals surface area contributed by atoms with Crippen LogP contribution in [0.3, 0.4) is 0 Å². The zero-order valence-electron chi connectivity index (χ0n) is 10.3. The van der Waals surface area contributed by atoms with Crippen LogP contribution < -0.4 is 4.72 Å². The smallest absolute Gasteiger partial charge is 0.235 e. The topological polar surface area (TPSA) is 88.0 Å². The summed E-state index contributed by atoms with van der Waals surface area (Å²) in [4.78, 5) is 0. The maximum absolute atomic E-state index is 11.7. The van der Waals surface area contributed by atoms with Gasteiger partial charge < -0.3 is 9.94 Å². The summed E-state index contributed by atoms with van der Waals surface area (Å²) in [6.45, 7) is 1.70. The van der Waals surface area contributed by atoms with E-state index < -0.39 is 10.0 Å². The van der Waals surface area contributed by atoms with Crippen LogP contribution in [0, 0.1) is 0 Å². The first-order chi connectivity index (χ1) is 8.50. The maximum atomic E-state index is 11.7. The Morgan fingerprint density at radius 1 is 1.44 bits per heavy atom. The highest BCUT2D eigenvalue weighted by Crippen LogP contribution is 2.17. The molecule has 0 aliphatic carbocycles. The van der Waals surface area contributed by atoms with Gasteiger partial charge in [0, 0.05) is 12.7 Å². The molecule has 0 spiro atoms. The summed E-state index contributed by atoms with van der Waals surface area (Å²) in [6.07, 6.45) is 0. The summed E-state index contributed by atoms with van der Waals surface area (Å²) in [6, 6.07) is 6.71. The van der Waals surface area contributed by atoms with Crippen LogP contribution in [0.1, 0.15) is 12.5 Å². The second-order valence-corrected chi connectivity index (χ2v) is 5.49. The molecule has 0 unspecified atom stereocenters. The first kappa shape index (κ1) is 14.5. The number of nitrogens with one attached hydrogen (secondary N) is 1. The summed E-state index contributed by atoms with van der Waals surface area (Å²) in [5, 5.41) is 11.8. The summed E-state index contributed by atoms with van der Waals surface area (Å²) in [5.41, 5.74) is 1.24. The standard InChI is InChI=1S/C11H16N2O4S/c1-9(12-14)10-5-3-4-6-11(10)13-18(15,16)8-7-17-2/h3-6,13-14H,7-8H2,1-2H3/b12-9+. The van der Waals surface area contributed by atoms with E-state index in [1.807, 2.05) is 0 Å². The number of sulfonamides is 1. The van der Waals surface area contributed by atoms with Gasteiger partial charge in [-0.25, -0.2) is 8.42 Å². The van der Waals surface area contributed by atoms with Crippen LogP contribution >= 0.6 is 0 Å². The summed E-state index contributed by atoms with van der Waals surface area (Å²) in [5.74, 6) is -0.132. The van der Waals surface area contributed by atoms with Gasteiger partial charge in [-0.05, 0) is 13.0 Å². The molecule has 0 atom stereocenters. The van der Waals surface area contributed by atoms with Gasteiger partial charge in [0.1, 0.15) is 0 Å². The number of anilines is 1. The molecule has 0 amide bonds. The molecule has 2 N–H and O–H groups in total. The molecule has 1 aromatic carbocycles. The van der Waals surface area contributed by atoms with Crippen molar-refractivity contribution in [2.75, 3.05) is 24.2 Å². The molecular weight excluding hydrogens is 256 g/mol. The van der Waals surface area contributed by atoms with Crippen molar-refractivity contribution in [3.05, 3.63) is 29.8 Å². The molecule has 0 fully saturated rings. The van der Waals surface area contributed by atoms with Crippen molar-refractivity contribution in [2.45, 2.75) is 6.92 Å². The second kappa shape index (κ2) is 6.36. The molecule has 0 saturated carbocycles. The molecule has 0 aliphatic heterocycles. The summed E-state index contributed by atoms with van der Waals surface area (Å²) < 4.78 is 30.6. The fraction of sp³-hybridized carbons (Fsp3) is 0.364. The highest BCUT2D eigenvalue weighted by atomic mass is 32.2. The fourth-order valence-electron chi connectivity index (χ4n) is 1.35. The molecule has 7 heteroatoms. The SMILES string of the molecule is COCCS(=O)(=O)Nc1ccccc1/C(C)=N/O. The van der Waals surface area contributed by atoms with Crippen molar-refractivity contribution >= 4 is 21.4 Å². The Hall–Kier alpha value is -1.60. The Labute approximate surface area is 106 Å². The quantitative estimate of drug-likeness (QED) is 0.464. The van der Waals surface area contributed by atoms with Crippen LogP contribution in [-0.4, -0.2) is 38.8 Å². The Balaban J connectivity index is 2.98. The van der Waals surface area contributed by atoms with Crippen LogP contribution in [-0.2, 0) is 14.8 Å². The normalized spacial score (nSPS) is 12.4. The van der Waals surface area contributed by atoms with Crippen molar-refractivity contribution in [1.29, 1.82) is 0 Å². The largest absolute Gasteiger partial charge is 0.411 e. The van der Waals surface area contributed by atoms with Crippen molar-refractivity contribution in [3.8, 4) is 0 Å². The van der Waals surface area contributed by atoms with Gasteiger partial charge in [-0.1, -0.05) is 23.4 Å². The third kappa shape index (κ3) is 4.01. The van der Waals surface area contributed by atoms with E-state index in [0.717, 1.165) is 0 Å². The number of hydrogen-bond donors (Lipinski definition) is 2. The van der Waals surface area contributed by atoms with Crippen LogP contribution in [0.15, 0.2) is 29.4 Å². The van der Waals surface area contributed by atoms with Gasteiger partial charge in [0.05, 0.1) is 23.8 Å². The number of nitrogens with zero attached hydrogens (tertiary/aromatic N) is 1. The number of methoxy groups -OCH3 is 1. The lowest BCUT2D eigenvalue weighted by atomic mass is 10.1. The number of ether oxygens (including phenoxy) is 1. The lowest BCUT2D eigenvalue weighted by Gasteiger charge is -2.11. The average molecular weight is 272 g/mol. The molecule has 0 radical (unpaired) electrons. The van der Waals surface area contributed by atoms with Crippen LogP contribution in [0.25, 0.3) is 0 Å². The van der Waals surface area contributed by atoms with Gasteiger partial charge >= 0.3 is 0 Å². The Morgan fingerprint density at radius 2 is 2.11 bits per heavy atom. The molecule has 0 aliphatic rings. The third-order valence-electron chi connectivity index (χ3n) is 2.29. The van der Waals surface area contributed by atoms with E-state index in [4.69, 9.17) is 9.94 Å². The summed E-state index contributed by atoms with van der Waals surface area (Å²) in [7, 11) is -2.04. The zero-order chi connectivity index (χ0) is 13.6. The van der Waals surface area contributed by atoms with Crippen LogP contribution in [0.5, 0.6) is 0 Å². The number of para-hydroxylation sites is 1. The molecule has 0 heterocycles. The van der Waals surface area contributed by atoms with Gasteiger partial charge in [0.25, 0.3) is 0 Å². The minimum Gasteiger partial charge on any atom is -0.411 e. The fourth-order valence-corrected chi connectivity index (χ4v) is 2.35. The Kier molecular flexibility index (Phi) is 5.11. The number of hydrogen-bond acceptors (Lipinski definition) is 5. The van der Waals surface area contributed by atoms with E-state index in [9.17, 15) is 8.42 Å². The van der Waals surface area contributed by atoms with Crippen LogP contribution in [0.2, 0.25) is 0 Å². The first-order valence-corrected chi connectivity index (χ1v) is 6.93. The second-order valence-electron chi connectivity index (χ2n) is 3.64. The lowest BCUT2D eigenvalue weighted by molar-refractivity contribution is 0.217. The van der Waals surface area contributed by atoms with E-state index >= 15 is 0 Å². The number of benzene rings is 1. The molecule has 18 heavy (non-hydrogen) atoms. The minimum absolute atomic E-state index is 0.116. The average Bonchev–Trinajstić information content (AvgIpc) is 2.36. The van der Waals surface area contributed by atoms with Gasteiger partial charge in [0.2, 0.25) is 10.0 Å². The molecule has 0 aromatic heterocycles. The van der Waals surface area contributed by atoms with Crippen molar-refractivity contribution in [3.63, 3.8) is 0 Å². The monoisotopic (exact) mass is 272 g/mol. The maximum Gasteiger partial charge on any atom is 0.235 e. The highest BCUT2D eigenvalue weighted by Gasteiger charge is 2.13. The molecule has 1 aromatic rings. The van der Waals surface area contributed by atoms with Crippen molar-refractivity contribution in [2.24, 2.45) is 5.16 Å². The Bertz CT molecular complexity index is 526. The first-order valence-electron chi connectivity index (χ1n) is 5.27. The predicted molar refractivity (Wildman–Crippen MR) is 69.7 cm³/mol. The highest BCUT2D eigenvalue weighted by molar-refractivity contribution is 7.92. The molecule has 0 bridgehead atoms. The van der Waals surface area contributed by atoms with E-state index in [-0.39, 0.29) is 12.4 Å². The Morgan fingerprint density at radius 3 is 2.72 bits per heavy atom. The predicted octanol–water partition coefficient (Wildman–Crippen LogP) is 1.27. The van der Waals surface area contributed by atoms with Crippen molar-refractivity contribution in [1.82, 2.24) is 0 Å². The third-order valence-corrected chi connectivity index (χ3v) is 3.52. The van der Waals surface area contributed by atoms with Gasteiger partial charge in [-0.2, -0.15) is 0 Å². The van der Waals surface area contributed by atoms with E-state index in [1.165, 1.54) is 7.11 Å². The molecule has 1 rings (SSSR count). The van der Waals surface area contributed by atoms with E-state index in [1.54, 1.807) is 31.2 Å². The zero-order valence-corrected chi connectivity index (χ0v) is 11.1. The van der Waals surface area contributed by atoms with E-state index in [2.05, 4.69) is 9.88 Å². The van der Waals surface area contributed by atoms with Gasteiger partial charge in [-0.15, -0.1) is 0 Å². The van der Waals surface area contributed by atoms with Crippen LogP contribution in [0.4, 0.5) is 5.69 Å². The summed E-state index contributed by atoms with van der Waals surface area (Å²) >= 11 is 0. The lowest BCUT2D eigenvalue weighted by Crippen LogP contribution is -2.21. The molecule has 6 nitrogen and oxygen atoms in total. The number of rotatable bonds is 6. The molecular formula is C11H16N2O4S. The number of oxime groups is 1.